The number of carbonyl (C=O) groups excluding carboxylic acids is 1. The Morgan fingerprint density at radius 2 is 1.59 bits per heavy atom. The molecule has 280 valence electrons. The number of Topliss-reactive ketones (excluding diaryl/α,β-unsaturated/α-hetero) is 1. The molecule has 0 aromatic heterocycles. The largest absolute Gasteiger partial charge is 0.493 e. The van der Waals surface area contributed by atoms with Gasteiger partial charge in [0, 0.05) is 23.6 Å². The first-order chi connectivity index (χ1) is 24.0. The standard InChI is InChI=1S/C34H40O16.BrH/c1-13(9-45-34-31(41)29(39)28(38)24(50-34)12-47-33-30(40)27(37)17(35)10-46-33)19-7-16-18(48-19)5-4-14-26(36)25-15-6-21(42-2)22(43-3)8-20(15)44-11-23(25)49-32(14)16;/h4-6,8,17,19,23-25,27-31,33-35,37-41H,1,7,9-12H2,2-3H3;1H. The molecule has 0 bridgehead atoms. The third kappa shape index (κ3) is 6.81. The first-order valence-corrected chi connectivity index (χ1v) is 16.2. The van der Waals surface area contributed by atoms with Gasteiger partial charge in [-0.2, -0.15) is 0 Å². The third-order valence-corrected chi connectivity index (χ3v) is 9.76. The van der Waals surface area contributed by atoms with Crippen LogP contribution < -0.4 is 23.7 Å². The topological polar surface area (TPSA) is 222 Å². The number of aliphatic hydroxyl groups is 6. The van der Waals surface area contributed by atoms with Gasteiger partial charge in [0.2, 0.25) is 0 Å². The second-order valence-electron chi connectivity index (χ2n) is 12.9. The Morgan fingerprint density at radius 1 is 0.863 bits per heavy atom. The molecule has 12 unspecified atom stereocenters. The summed E-state index contributed by atoms with van der Waals surface area (Å²) in [5.41, 5.74) is 2.20. The van der Waals surface area contributed by atoms with Gasteiger partial charge in [0.15, 0.2) is 29.9 Å². The lowest BCUT2D eigenvalue weighted by Crippen LogP contribution is -2.60. The van der Waals surface area contributed by atoms with E-state index in [1.165, 1.54) is 14.2 Å². The molecule has 5 aliphatic heterocycles. The number of methoxy groups -OCH3 is 2. The molecular weight excluding hydrogens is 744 g/mol. The fraction of sp³-hybridized carbons (Fsp3) is 0.559. The molecule has 0 amide bonds. The molecular formula is C34H41BrO16. The fourth-order valence-corrected chi connectivity index (χ4v) is 6.88. The normalized spacial score (nSPS) is 35.0. The fourth-order valence-electron chi connectivity index (χ4n) is 6.88. The van der Waals surface area contributed by atoms with Crippen LogP contribution in [-0.2, 0) is 25.4 Å². The van der Waals surface area contributed by atoms with Crippen molar-refractivity contribution in [3.63, 3.8) is 0 Å². The highest BCUT2D eigenvalue weighted by Crippen LogP contribution is 2.50. The Morgan fingerprint density at radius 3 is 2.33 bits per heavy atom. The number of carbonyl (C=O) groups is 1. The molecule has 0 aliphatic carbocycles. The molecule has 2 aromatic carbocycles. The van der Waals surface area contributed by atoms with Gasteiger partial charge in [-0.1, -0.05) is 6.58 Å². The van der Waals surface area contributed by atoms with Gasteiger partial charge in [-0.05, 0) is 23.8 Å². The maximum Gasteiger partial charge on any atom is 0.187 e. The maximum atomic E-state index is 13.9. The van der Waals surface area contributed by atoms with Crippen LogP contribution in [0.2, 0.25) is 0 Å². The minimum atomic E-state index is -1.67. The van der Waals surface area contributed by atoms with E-state index in [2.05, 4.69) is 6.58 Å². The predicted molar refractivity (Wildman–Crippen MR) is 177 cm³/mol. The van der Waals surface area contributed by atoms with E-state index < -0.39 is 80.0 Å². The molecule has 0 radical (unpaired) electrons. The van der Waals surface area contributed by atoms with E-state index in [-0.39, 0.29) is 42.6 Å². The molecule has 2 saturated heterocycles. The number of aliphatic hydroxyl groups excluding tert-OH is 6. The third-order valence-electron chi connectivity index (χ3n) is 9.76. The molecule has 12 atom stereocenters. The lowest BCUT2D eigenvalue weighted by atomic mass is 9.81. The number of hydrogen-bond acceptors (Lipinski definition) is 16. The van der Waals surface area contributed by atoms with Crippen molar-refractivity contribution in [1.29, 1.82) is 0 Å². The molecule has 6 N–H and O–H groups in total. The first kappa shape index (κ1) is 37.7. The lowest BCUT2D eigenvalue weighted by Gasteiger charge is -2.41. The summed E-state index contributed by atoms with van der Waals surface area (Å²) in [7, 11) is 3.04. The SMILES string of the molecule is Br.C=C(COC1OC(COC2OCC(O)C(O)C2O)C(O)C(O)C1O)C1Cc2c(ccc3c2OC2COc4cc(OC)c(OC)cc4C2C3=O)O1. The van der Waals surface area contributed by atoms with Crippen LogP contribution in [0.3, 0.4) is 0 Å². The van der Waals surface area contributed by atoms with E-state index in [0.29, 0.717) is 57.4 Å². The van der Waals surface area contributed by atoms with Crippen molar-refractivity contribution in [2.24, 2.45) is 0 Å². The average molecular weight is 786 g/mol. The predicted octanol–water partition coefficient (Wildman–Crippen LogP) is -0.459. The van der Waals surface area contributed by atoms with Gasteiger partial charge in [-0.3, -0.25) is 4.79 Å². The van der Waals surface area contributed by atoms with E-state index in [0.717, 1.165) is 0 Å². The number of rotatable bonds is 9. The zero-order chi connectivity index (χ0) is 35.4. The number of hydrogen-bond donors (Lipinski definition) is 6. The van der Waals surface area contributed by atoms with Gasteiger partial charge in [0.25, 0.3) is 0 Å². The molecule has 17 heteroatoms. The van der Waals surface area contributed by atoms with Crippen LogP contribution in [0.25, 0.3) is 0 Å². The minimum Gasteiger partial charge on any atom is -0.493 e. The van der Waals surface area contributed by atoms with Crippen molar-refractivity contribution in [3.05, 3.63) is 53.1 Å². The molecule has 5 heterocycles. The molecule has 0 spiro atoms. The van der Waals surface area contributed by atoms with Gasteiger partial charge < -0.3 is 73.3 Å². The van der Waals surface area contributed by atoms with Crippen molar-refractivity contribution in [2.75, 3.05) is 40.6 Å². The van der Waals surface area contributed by atoms with Crippen LogP contribution in [-0.4, -0.2) is 145 Å². The second-order valence-corrected chi connectivity index (χ2v) is 12.9. The van der Waals surface area contributed by atoms with Crippen LogP contribution in [0.5, 0.6) is 28.7 Å². The van der Waals surface area contributed by atoms with Crippen LogP contribution in [0.1, 0.15) is 27.4 Å². The number of benzene rings is 2. The van der Waals surface area contributed by atoms with E-state index >= 15 is 0 Å². The number of halogens is 1. The van der Waals surface area contributed by atoms with Crippen molar-refractivity contribution in [1.82, 2.24) is 0 Å². The average Bonchev–Trinajstić information content (AvgIpc) is 3.57. The summed E-state index contributed by atoms with van der Waals surface area (Å²) in [5.74, 6) is 1.67. The first-order valence-electron chi connectivity index (χ1n) is 16.2. The molecule has 5 aliphatic rings. The monoisotopic (exact) mass is 784 g/mol. The molecule has 16 nitrogen and oxygen atoms in total. The maximum absolute atomic E-state index is 13.9. The van der Waals surface area contributed by atoms with Gasteiger partial charge >= 0.3 is 0 Å². The van der Waals surface area contributed by atoms with E-state index in [9.17, 15) is 35.4 Å². The highest BCUT2D eigenvalue weighted by molar-refractivity contribution is 8.93. The van der Waals surface area contributed by atoms with Crippen molar-refractivity contribution in [3.8, 4) is 28.7 Å². The van der Waals surface area contributed by atoms with Crippen molar-refractivity contribution >= 4 is 22.8 Å². The quantitative estimate of drug-likeness (QED) is 0.177. The zero-order valence-corrected chi connectivity index (χ0v) is 29.4. The Kier molecular flexibility index (Phi) is 11.2. The van der Waals surface area contributed by atoms with Crippen LogP contribution in [0.4, 0.5) is 0 Å². The summed E-state index contributed by atoms with van der Waals surface area (Å²) < 4.78 is 51.5. The summed E-state index contributed by atoms with van der Waals surface area (Å²) in [5, 5.41) is 61.2. The summed E-state index contributed by atoms with van der Waals surface area (Å²) in [6.45, 7) is 3.35. The molecule has 2 fully saturated rings. The Balaban J connectivity index is 0.00000448. The van der Waals surface area contributed by atoms with Gasteiger partial charge in [-0.15, -0.1) is 17.0 Å². The van der Waals surface area contributed by atoms with E-state index in [4.69, 9.17) is 42.6 Å². The van der Waals surface area contributed by atoms with Crippen LogP contribution in [0.15, 0.2) is 36.4 Å². The Labute approximate surface area is 302 Å². The summed E-state index contributed by atoms with van der Waals surface area (Å²) in [6.07, 6.45) is -14.1. The highest BCUT2D eigenvalue weighted by Gasteiger charge is 2.48. The van der Waals surface area contributed by atoms with Crippen LogP contribution in [0, 0.1) is 0 Å². The second kappa shape index (κ2) is 15.1. The summed E-state index contributed by atoms with van der Waals surface area (Å²) in [4.78, 5) is 13.9. The molecule has 51 heavy (non-hydrogen) atoms. The lowest BCUT2D eigenvalue weighted by molar-refractivity contribution is -0.319. The highest BCUT2D eigenvalue weighted by atomic mass is 79.9. The molecule has 7 rings (SSSR count). The van der Waals surface area contributed by atoms with E-state index in [1.807, 2.05) is 0 Å². The zero-order valence-electron chi connectivity index (χ0n) is 27.7. The number of ether oxygens (including phenoxy) is 9. The van der Waals surface area contributed by atoms with Gasteiger partial charge in [0.1, 0.15) is 78.8 Å². The minimum absolute atomic E-state index is 0. The number of ketones is 1. The van der Waals surface area contributed by atoms with Gasteiger partial charge in [0.05, 0.1) is 45.5 Å². The molecule has 2 aromatic rings. The Bertz CT molecular complexity index is 1620. The Hall–Kier alpha value is -3.07. The smallest absolute Gasteiger partial charge is 0.187 e. The number of fused-ring (bicyclic) bond motifs is 6. The molecule has 0 saturated carbocycles. The van der Waals surface area contributed by atoms with Crippen LogP contribution >= 0.6 is 17.0 Å². The summed E-state index contributed by atoms with van der Waals surface area (Å²) in [6, 6.07) is 6.82. The summed E-state index contributed by atoms with van der Waals surface area (Å²) >= 11 is 0. The van der Waals surface area contributed by atoms with E-state index in [1.54, 1.807) is 24.3 Å². The van der Waals surface area contributed by atoms with Crippen molar-refractivity contribution in [2.45, 2.75) is 79.9 Å². The van der Waals surface area contributed by atoms with Gasteiger partial charge in [-0.25, -0.2) is 0 Å². The van der Waals surface area contributed by atoms with Crippen molar-refractivity contribution < 1.29 is 78.1 Å².